The molecule has 3 heteroatoms. The molecule has 322 valence electrons. The van der Waals surface area contributed by atoms with Crippen molar-refractivity contribution in [3.8, 4) is 0 Å². The average Bonchev–Trinajstić information content (AvgIpc) is 4.45. The van der Waals surface area contributed by atoms with Gasteiger partial charge in [-0.1, -0.05) is 26.2 Å². The lowest BCUT2D eigenvalue weighted by Gasteiger charge is -2.71. The fraction of sp³-hybridized carbons (Fsp3) is 0.183. The van der Waals surface area contributed by atoms with Crippen molar-refractivity contribution in [2.24, 2.45) is 0 Å². The van der Waals surface area contributed by atoms with Gasteiger partial charge in [-0.25, -0.2) is 0 Å². The minimum atomic E-state index is -0.356. The Balaban J connectivity index is 1.05. The van der Waals surface area contributed by atoms with E-state index < -0.39 is 0 Å². The normalized spacial score (nSPS) is 25.8. The summed E-state index contributed by atoms with van der Waals surface area (Å²) in [4.78, 5) is 6.49. The van der Waals surface area contributed by atoms with Crippen LogP contribution in [0.4, 0.5) is 0 Å². The fourth-order valence-corrected chi connectivity index (χ4v) is 26.8. The first-order chi connectivity index (χ1) is 36.9. The zero-order chi connectivity index (χ0) is 44.3. The van der Waals surface area contributed by atoms with Crippen molar-refractivity contribution >= 4 is 291 Å². The van der Waals surface area contributed by atoms with Gasteiger partial charge in [-0.15, -0.1) is 0 Å². The summed E-state index contributed by atoms with van der Waals surface area (Å²) in [5.74, 6) is 0. The molecule has 0 radical (unpaired) electrons. The molecule has 3 atom stereocenters. The smallest absolute Gasteiger partial charge is 0.102 e. The van der Waals surface area contributed by atoms with Crippen LogP contribution in [0.25, 0.3) is 291 Å². The second kappa shape index (κ2) is 6.95. The molecule has 0 N–H and O–H groups in total. The number of piperazine rings is 3. The molecule has 3 heterocycles. The van der Waals surface area contributed by atoms with Crippen LogP contribution in [0.1, 0.15) is 54.9 Å². The number of rotatable bonds is 7. The minimum Gasteiger partial charge on any atom is -0.380 e. The number of nitrogens with zero attached hydrogens (tertiary/aromatic N) is 2. The third-order valence-corrected chi connectivity index (χ3v) is 27.1. The summed E-state index contributed by atoms with van der Waals surface area (Å²) in [6.45, 7) is 7.34. The monoisotopic (exact) mass is 918 g/mol. The van der Waals surface area contributed by atoms with E-state index in [-0.39, 0.29) is 11.1 Å². The lowest BCUT2D eigenvalue weighted by atomic mass is 9.53. The molecule has 7 aliphatic rings. The van der Waals surface area contributed by atoms with Crippen molar-refractivity contribution < 1.29 is 4.74 Å². The van der Waals surface area contributed by atoms with Gasteiger partial charge in [-0.3, -0.25) is 9.80 Å². The summed E-state index contributed by atoms with van der Waals surface area (Å²) >= 11 is 0. The molecule has 4 aliphatic carbocycles. The molecular formula is C71H22N2O. The molecule has 3 nitrogen and oxygen atoms in total. The Morgan fingerprint density at radius 1 is 0.297 bits per heavy atom. The molecule has 0 amide bonds. The van der Waals surface area contributed by atoms with Crippen molar-refractivity contribution in [1.82, 2.24) is 9.80 Å². The maximum Gasteiger partial charge on any atom is 0.102 e. The van der Waals surface area contributed by atoms with Gasteiger partial charge in [-0.2, -0.15) is 0 Å². The highest BCUT2D eigenvalue weighted by molar-refractivity contribution is 6.82. The third-order valence-electron chi connectivity index (χ3n) is 27.1. The Labute approximate surface area is 408 Å². The zero-order valence-corrected chi connectivity index (χ0v) is 39.2. The summed E-state index contributed by atoms with van der Waals surface area (Å²) in [5.41, 5.74) is 6.40. The molecule has 74 heavy (non-hydrogen) atoms. The number of fused-ring (bicyclic) bond motifs is 2. The molecule has 28 aromatic rings. The number of unbranched alkanes of at least 4 members (excludes halogenated alkanes) is 3. The summed E-state index contributed by atoms with van der Waals surface area (Å²) in [5, 5.41) is 90.8. The van der Waals surface area contributed by atoms with Crippen molar-refractivity contribution in [3.63, 3.8) is 0 Å². The molecule has 3 saturated heterocycles. The largest absolute Gasteiger partial charge is 0.380 e. The maximum absolute atomic E-state index is 7.08. The van der Waals surface area contributed by atoms with Gasteiger partial charge >= 0.3 is 0 Å². The Morgan fingerprint density at radius 2 is 0.541 bits per heavy atom. The van der Waals surface area contributed by atoms with Gasteiger partial charge in [0.2, 0.25) is 0 Å². The van der Waals surface area contributed by atoms with Crippen molar-refractivity contribution in [1.29, 1.82) is 0 Å². The van der Waals surface area contributed by atoms with E-state index in [2.05, 4.69) is 16.7 Å². The molecule has 2 unspecified atom stereocenters. The van der Waals surface area contributed by atoms with E-state index in [0.29, 0.717) is 6.04 Å². The number of ether oxygens (including phenoxy) is 1. The second-order valence-electron chi connectivity index (χ2n) is 27.6. The van der Waals surface area contributed by atoms with Gasteiger partial charge in [0, 0.05) is 32.3 Å². The Morgan fingerprint density at radius 3 is 0.797 bits per heavy atom. The van der Waals surface area contributed by atoms with Gasteiger partial charge in [0.1, 0.15) is 11.1 Å². The number of hydrogen-bond donors (Lipinski definition) is 0. The van der Waals surface area contributed by atoms with E-state index in [1.165, 1.54) is 25.7 Å². The Bertz CT molecular complexity index is 7070. The number of hydrogen-bond acceptors (Lipinski definition) is 3. The van der Waals surface area contributed by atoms with Gasteiger partial charge < -0.3 is 4.74 Å². The highest BCUT2D eigenvalue weighted by Crippen LogP contribution is 2.86. The molecule has 3 fully saturated rings. The molecule has 28 aromatic carbocycles. The predicted octanol–water partition coefficient (Wildman–Crippen LogP) is 17.8. The van der Waals surface area contributed by atoms with Crippen LogP contribution < -0.4 is 0 Å². The summed E-state index contributed by atoms with van der Waals surface area (Å²) in [6.07, 6.45) is 5.02. The van der Waals surface area contributed by atoms with E-state index >= 15 is 0 Å². The van der Waals surface area contributed by atoms with E-state index in [1.54, 1.807) is 313 Å². The van der Waals surface area contributed by atoms with E-state index in [0.717, 1.165) is 32.8 Å². The highest BCUT2D eigenvalue weighted by Gasteiger charge is 2.77. The summed E-state index contributed by atoms with van der Waals surface area (Å²) in [7, 11) is 0. The van der Waals surface area contributed by atoms with Crippen molar-refractivity contribution in [2.45, 2.75) is 49.7 Å². The molecule has 0 saturated carbocycles. The van der Waals surface area contributed by atoms with Crippen LogP contribution in [0.3, 0.4) is 0 Å². The minimum absolute atomic E-state index is 0.324. The van der Waals surface area contributed by atoms with Crippen LogP contribution in [0.15, 0.2) is 0 Å². The highest BCUT2D eigenvalue weighted by atomic mass is 16.5. The van der Waals surface area contributed by atoms with E-state index in [4.69, 9.17) is 4.74 Å². The summed E-state index contributed by atoms with van der Waals surface area (Å²) < 4.78 is 7.08. The topological polar surface area (TPSA) is 15.7 Å². The predicted molar refractivity (Wildman–Crippen MR) is 311 cm³/mol. The van der Waals surface area contributed by atoms with Crippen LogP contribution in [-0.4, -0.2) is 48.7 Å². The fourth-order valence-electron chi connectivity index (χ4n) is 26.8. The Hall–Kier alpha value is -7.66. The van der Waals surface area contributed by atoms with Crippen molar-refractivity contribution in [3.05, 3.63) is 22.3 Å². The van der Waals surface area contributed by atoms with Crippen LogP contribution in [0.5, 0.6) is 0 Å². The first-order valence-electron chi connectivity index (χ1n) is 28.8. The van der Waals surface area contributed by atoms with Crippen LogP contribution in [0.2, 0.25) is 0 Å². The molecule has 35 rings (SSSR count). The standard InChI is InChI=1S/C71H22N2O/c1-2-3-4-5-8-74-10-11-9-72-6-7-73(11)71-68-62-56-46-38-28-20-16-13-12-14-18(20)26-34(28)48(56)54-44-36(26)30-22(14)23-15(12)19-21-17(13)25-24(16)32(38)42-43-33(25)39-29(21)35-27(19)37-31(23)41-40(30)50(44)58-59-51(41)45(37)55-49(35)57-47(39)53(43)65(64(68)52(42)46)69(71)63(57)61(55)67(59)70(71,72)66(58)60(54)62/h11H,2-10H2,1H3/t11-,70?,71?/m0/s1. The molecule has 2 spiro atoms. The SMILES string of the molecule is CCCCCCOC[C@@H]1CN2CCN1C13c4c5c6c7c8c9c(c%10c%11c1c1c4c4c%12c5c5c6c6c8c8c%13c9c9c%10c%10c%11c%11c1c1c4c4c%12c%12c5c5c6c8c6c8c%13c9c9c%10c%10c%11c1c1c4c4c%12c5c6c5c8c9c%10c1c45)C723. The first-order valence-corrected chi connectivity index (χ1v) is 28.8. The molecular weight excluding hydrogens is 897 g/mol. The third kappa shape index (κ3) is 1.63. The van der Waals surface area contributed by atoms with Gasteiger partial charge in [0.25, 0.3) is 0 Å². The molecule has 3 aliphatic heterocycles. The maximum atomic E-state index is 7.08. The Kier molecular flexibility index (Phi) is 2.75. The second-order valence-corrected chi connectivity index (χ2v) is 27.6. The number of benzene rings is 18. The average molecular weight is 919 g/mol. The van der Waals surface area contributed by atoms with Crippen molar-refractivity contribution in [2.75, 3.05) is 32.8 Å². The van der Waals surface area contributed by atoms with Gasteiger partial charge in [-0.05, 0) is 320 Å². The van der Waals surface area contributed by atoms with Gasteiger partial charge in [0.05, 0.1) is 6.61 Å². The van der Waals surface area contributed by atoms with Gasteiger partial charge in [0.15, 0.2) is 0 Å². The van der Waals surface area contributed by atoms with Crippen LogP contribution in [0, 0.1) is 0 Å². The van der Waals surface area contributed by atoms with Crippen LogP contribution >= 0.6 is 0 Å². The molecule has 0 aromatic heterocycles. The first kappa shape index (κ1) is 29.3. The quantitative estimate of drug-likeness (QED) is 0.117. The molecule has 2 bridgehead atoms. The lowest BCUT2D eigenvalue weighted by molar-refractivity contribution is -0.171. The summed E-state index contributed by atoms with van der Waals surface area (Å²) in [6, 6.07) is 0.324. The van der Waals surface area contributed by atoms with Crippen LogP contribution in [-0.2, 0) is 15.8 Å². The zero-order valence-electron chi connectivity index (χ0n) is 39.2. The lowest BCUT2D eigenvalue weighted by Crippen LogP contribution is -2.81. The van der Waals surface area contributed by atoms with E-state index in [1.807, 2.05) is 0 Å². The van der Waals surface area contributed by atoms with E-state index in [9.17, 15) is 0 Å².